The predicted octanol–water partition coefficient (Wildman–Crippen LogP) is 2.40. The van der Waals surface area contributed by atoms with Crippen molar-refractivity contribution in [3.05, 3.63) is 34.4 Å². The summed E-state index contributed by atoms with van der Waals surface area (Å²) in [5.74, 6) is -0.970. The fourth-order valence-electron chi connectivity index (χ4n) is 1.31. The molecule has 0 saturated carbocycles. The number of hydrogen-bond acceptors (Lipinski definition) is 3. The number of fused-ring (bicyclic) bond motifs is 1. The third kappa shape index (κ3) is 1.78. The largest absolute Gasteiger partial charge is 0.508 e. The average Bonchev–Trinajstić information content (AvgIpc) is 2.16. The molecule has 0 radical (unpaired) electrons. The van der Waals surface area contributed by atoms with Crippen LogP contribution in [0.3, 0.4) is 0 Å². The van der Waals surface area contributed by atoms with Crippen molar-refractivity contribution in [3.8, 4) is 5.75 Å². The van der Waals surface area contributed by atoms with Crippen molar-refractivity contribution in [3.63, 3.8) is 0 Å². The van der Waals surface area contributed by atoms with Crippen molar-refractivity contribution in [1.29, 1.82) is 0 Å². The number of carboxylic acid groups (broad SMARTS) is 1. The Kier molecular flexibility index (Phi) is 2.32. The van der Waals surface area contributed by atoms with E-state index >= 15 is 0 Å². The van der Waals surface area contributed by atoms with E-state index in [4.69, 9.17) is 5.11 Å². The van der Waals surface area contributed by atoms with E-state index < -0.39 is 5.97 Å². The van der Waals surface area contributed by atoms with Crippen molar-refractivity contribution < 1.29 is 15.0 Å². The van der Waals surface area contributed by atoms with E-state index in [1.54, 1.807) is 0 Å². The number of carbonyl (C=O) groups is 1. The van der Waals surface area contributed by atoms with Crippen LogP contribution in [0.15, 0.2) is 28.9 Å². The first-order valence-electron chi connectivity index (χ1n) is 4.09. The maximum Gasteiger partial charge on any atom is 0.337 e. The Morgan fingerprint density at radius 3 is 2.73 bits per heavy atom. The number of aromatic carboxylic acids is 1. The summed E-state index contributed by atoms with van der Waals surface area (Å²) in [5, 5.41) is 18.7. The number of aromatic nitrogens is 1. The van der Waals surface area contributed by atoms with Gasteiger partial charge < -0.3 is 10.2 Å². The molecular weight excluding hydrogens is 262 g/mol. The van der Waals surface area contributed by atoms with Crippen LogP contribution in [0.2, 0.25) is 0 Å². The van der Waals surface area contributed by atoms with Gasteiger partial charge in [-0.05, 0) is 34.1 Å². The topological polar surface area (TPSA) is 70.4 Å². The fourth-order valence-corrected chi connectivity index (χ4v) is 1.87. The van der Waals surface area contributed by atoms with Gasteiger partial charge in [-0.25, -0.2) is 4.79 Å². The Balaban J connectivity index is 2.76. The minimum absolute atomic E-state index is 0.0683. The maximum atomic E-state index is 10.7. The molecule has 0 spiro atoms. The van der Waals surface area contributed by atoms with E-state index in [0.29, 0.717) is 15.4 Å². The number of aromatic hydroxyl groups is 1. The number of phenols is 1. The molecule has 0 aliphatic heterocycles. The van der Waals surface area contributed by atoms with Crippen molar-refractivity contribution in [2.45, 2.75) is 0 Å². The Labute approximate surface area is 93.3 Å². The average molecular weight is 268 g/mol. The summed E-state index contributed by atoms with van der Waals surface area (Å²) in [6.07, 6.45) is 1.28. The second kappa shape index (κ2) is 3.51. The molecule has 0 fully saturated rings. The summed E-state index contributed by atoms with van der Waals surface area (Å²) in [4.78, 5) is 14.7. The van der Waals surface area contributed by atoms with Gasteiger partial charge >= 0.3 is 5.97 Å². The molecule has 0 atom stereocenters. The molecule has 1 heterocycles. The molecule has 0 aliphatic carbocycles. The molecule has 5 heteroatoms. The molecule has 1 aromatic carbocycles. The number of hydrogen-bond donors (Lipinski definition) is 2. The smallest absolute Gasteiger partial charge is 0.337 e. The van der Waals surface area contributed by atoms with Gasteiger partial charge in [-0.2, -0.15) is 0 Å². The zero-order chi connectivity index (χ0) is 11.0. The number of halogens is 1. The van der Waals surface area contributed by atoms with Crippen molar-refractivity contribution >= 4 is 32.8 Å². The van der Waals surface area contributed by atoms with Crippen molar-refractivity contribution in [1.82, 2.24) is 4.98 Å². The zero-order valence-corrected chi connectivity index (χ0v) is 9.02. The molecule has 2 aromatic rings. The molecule has 0 unspecified atom stereocenters. The standard InChI is InChI=1S/C10H6BrNO3/c11-8-3-7(13)2-5-1-6(10(14)15)4-12-9(5)8/h1-4,13H,(H,14,15). The minimum Gasteiger partial charge on any atom is -0.508 e. The van der Waals surface area contributed by atoms with Gasteiger partial charge in [0.05, 0.1) is 11.1 Å². The van der Waals surface area contributed by atoms with E-state index in [1.807, 2.05) is 0 Å². The highest BCUT2D eigenvalue weighted by atomic mass is 79.9. The molecule has 76 valence electrons. The van der Waals surface area contributed by atoms with Gasteiger partial charge in [0.15, 0.2) is 0 Å². The first-order valence-corrected chi connectivity index (χ1v) is 4.89. The number of phenolic OH excluding ortho intramolecular Hbond substituents is 1. The Morgan fingerprint density at radius 2 is 2.07 bits per heavy atom. The molecule has 2 rings (SSSR count). The van der Waals surface area contributed by atoms with Gasteiger partial charge in [0, 0.05) is 16.1 Å². The number of pyridine rings is 1. The van der Waals surface area contributed by atoms with E-state index in [2.05, 4.69) is 20.9 Å². The van der Waals surface area contributed by atoms with Crippen LogP contribution in [0.5, 0.6) is 5.75 Å². The molecule has 1 aromatic heterocycles. The molecule has 0 aliphatic rings. The second-order valence-electron chi connectivity index (χ2n) is 3.03. The fraction of sp³-hybridized carbons (Fsp3) is 0. The Bertz CT molecular complexity index is 554. The lowest BCUT2D eigenvalue weighted by Crippen LogP contribution is -1.97. The van der Waals surface area contributed by atoms with Crippen LogP contribution in [-0.4, -0.2) is 21.2 Å². The highest BCUT2D eigenvalue weighted by Crippen LogP contribution is 2.27. The summed E-state index contributed by atoms with van der Waals surface area (Å²) in [6.45, 7) is 0. The van der Waals surface area contributed by atoms with Crippen LogP contribution < -0.4 is 0 Å². The lowest BCUT2D eigenvalue weighted by Gasteiger charge is -2.02. The van der Waals surface area contributed by atoms with E-state index in [-0.39, 0.29) is 11.3 Å². The van der Waals surface area contributed by atoms with Gasteiger partial charge in [0.1, 0.15) is 5.75 Å². The summed E-state index contributed by atoms with van der Waals surface area (Å²) >= 11 is 3.24. The van der Waals surface area contributed by atoms with Crippen LogP contribution in [0.25, 0.3) is 10.9 Å². The first-order chi connectivity index (χ1) is 7.08. The van der Waals surface area contributed by atoms with Crippen LogP contribution in [0.4, 0.5) is 0 Å². The number of benzene rings is 1. The molecule has 0 saturated heterocycles. The highest BCUT2D eigenvalue weighted by Gasteiger charge is 2.07. The third-order valence-electron chi connectivity index (χ3n) is 1.97. The van der Waals surface area contributed by atoms with E-state index in [1.165, 1.54) is 24.4 Å². The number of carboxylic acids is 1. The number of rotatable bonds is 1. The van der Waals surface area contributed by atoms with Gasteiger partial charge in [-0.3, -0.25) is 4.98 Å². The van der Waals surface area contributed by atoms with Crippen molar-refractivity contribution in [2.24, 2.45) is 0 Å². The Hall–Kier alpha value is -1.62. The third-order valence-corrected chi connectivity index (χ3v) is 2.57. The lowest BCUT2D eigenvalue weighted by atomic mass is 10.1. The molecule has 15 heavy (non-hydrogen) atoms. The quantitative estimate of drug-likeness (QED) is 0.833. The van der Waals surface area contributed by atoms with Crippen molar-refractivity contribution in [2.75, 3.05) is 0 Å². The second-order valence-corrected chi connectivity index (χ2v) is 3.88. The zero-order valence-electron chi connectivity index (χ0n) is 7.44. The summed E-state index contributed by atoms with van der Waals surface area (Å²) < 4.78 is 0.634. The van der Waals surface area contributed by atoms with E-state index in [9.17, 15) is 9.90 Å². The SMILES string of the molecule is O=C(O)c1cnc2c(Br)cc(O)cc2c1. The van der Waals surface area contributed by atoms with Crippen LogP contribution in [0, 0.1) is 0 Å². The summed E-state index contributed by atoms with van der Waals surface area (Å²) in [7, 11) is 0. The van der Waals surface area contributed by atoms with Gasteiger partial charge in [-0.1, -0.05) is 0 Å². The maximum absolute atomic E-state index is 10.7. The predicted molar refractivity (Wildman–Crippen MR) is 58.1 cm³/mol. The first kappa shape index (κ1) is 9.92. The van der Waals surface area contributed by atoms with Crippen LogP contribution in [0.1, 0.15) is 10.4 Å². The monoisotopic (exact) mass is 267 g/mol. The van der Waals surface area contributed by atoms with Gasteiger partial charge in [0.2, 0.25) is 0 Å². The Morgan fingerprint density at radius 1 is 1.33 bits per heavy atom. The van der Waals surface area contributed by atoms with Gasteiger partial charge in [-0.15, -0.1) is 0 Å². The van der Waals surface area contributed by atoms with Gasteiger partial charge in [0.25, 0.3) is 0 Å². The molecule has 2 N–H and O–H groups in total. The molecular formula is C10H6BrNO3. The summed E-state index contributed by atoms with van der Waals surface area (Å²) in [6, 6.07) is 4.45. The molecule has 4 nitrogen and oxygen atoms in total. The lowest BCUT2D eigenvalue weighted by molar-refractivity contribution is 0.0696. The highest BCUT2D eigenvalue weighted by molar-refractivity contribution is 9.10. The summed E-state index contributed by atoms with van der Waals surface area (Å²) in [5.41, 5.74) is 0.720. The molecule has 0 bridgehead atoms. The molecule has 0 amide bonds. The minimum atomic E-state index is -1.04. The van der Waals surface area contributed by atoms with Crippen LogP contribution in [-0.2, 0) is 0 Å². The number of nitrogens with zero attached hydrogens (tertiary/aromatic N) is 1. The van der Waals surface area contributed by atoms with E-state index in [0.717, 1.165) is 0 Å². The van der Waals surface area contributed by atoms with Crippen LogP contribution >= 0.6 is 15.9 Å². The normalized spacial score (nSPS) is 10.5.